The average molecular weight is 346 g/mol. The number of nitrogens with zero attached hydrogens (tertiary/aromatic N) is 1. The lowest BCUT2D eigenvalue weighted by Gasteiger charge is -2.16. The molecule has 0 saturated heterocycles. The second-order valence-corrected chi connectivity index (χ2v) is 5.75. The van der Waals surface area contributed by atoms with Gasteiger partial charge in [-0.15, -0.1) is 0 Å². The lowest BCUT2D eigenvalue weighted by Crippen LogP contribution is -2.10. The molecular weight excluding hydrogens is 322 g/mol. The summed E-state index contributed by atoms with van der Waals surface area (Å²) in [4.78, 5) is 12.0. The number of hydrogen-bond acceptors (Lipinski definition) is 3. The second-order valence-electron chi connectivity index (χ2n) is 4.96. The minimum absolute atomic E-state index is 0.288. The molecule has 0 N–H and O–H groups in total. The molecule has 1 atom stereocenters. The highest BCUT2D eigenvalue weighted by Crippen LogP contribution is 2.35. The maximum atomic E-state index is 12.0. The van der Waals surface area contributed by atoms with Crippen LogP contribution < -0.4 is 0 Å². The molecule has 0 aliphatic heterocycles. The van der Waals surface area contributed by atoms with Gasteiger partial charge in [-0.1, -0.05) is 13.8 Å². The van der Waals surface area contributed by atoms with Gasteiger partial charge in [-0.25, -0.2) is 4.79 Å². The maximum absolute atomic E-state index is 12.0. The Balaban J connectivity index is 3.27. The molecule has 1 aromatic rings. The zero-order valence-corrected chi connectivity index (χ0v) is 14.5. The van der Waals surface area contributed by atoms with Crippen molar-refractivity contribution < 1.29 is 14.3 Å². The predicted molar refractivity (Wildman–Crippen MR) is 83.4 cm³/mol. The summed E-state index contributed by atoms with van der Waals surface area (Å²) in [5, 5.41) is 0. The van der Waals surface area contributed by atoms with Gasteiger partial charge in [0.25, 0.3) is 0 Å². The summed E-state index contributed by atoms with van der Waals surface area (Å²) in [5.41, 5.74) is 2.76. The van der Waals surface area contributed by atoms with Gasteiger partial charge in [0.1, 0.15) is 0 Å². The summed E-state index contributed by atoms with van der Waals surface area (Å²) in [6.45, 7) is 7.84. The number of aromatic nitrogens is 1. The van der Waals surface area contributed by atoms with Crippen molar-refractivity contribution >= 4 is 21.9 Å². The highest BCUT2D eigenvalue weighted by Gasteiger charge is 2.26. The molecular formula is C15H24BrNO3. The van der Waals surface area contributed by atoms with Crippen molar-refractivity contribution in [3.8, 4) is 0 Å². The van der Waals surface area contributed by atoms with Crippen LogP contribution in [0, 0.1) is 6.92 Å². The van der Waals surface area contributed by atoms with Gasteiger partial charge in [-0.05, 0) is 41.6 Å². The zero-order valence-electron chi connectivity index (χ0n) is 13.0. The first-order valence-corrected chi connectivity index (χ1v) is 7.74. The molecule has 0 radical (unpaired) electrons. The molecule has 20 heavy (non-hydrogen) atoms. The number of carbonyl (C=O) groups excluding carboxylic acids is 1. The van der Waals surface area contributed by atoms with Crippen molar-refractivity contribution in [1.82, 2.24) is 4.57 Å². The van der Waals surface area contributed by atoms with Crippen molar-refractivity contribution in [3.05, 3.63) is 21.4 Å². The molecule has 0 fully saturated rings. The van der Waals surface area contributed by atoms with Crippen LogP contribution in [0.15, 0.2) is 4.47 Å². The van der Waals surface area contributed by atoms with Crippen molar-refractivity contribution in [1.29, 1.82) is 0 Å². The Hall–Kier alpha value is -0.810. The van der Waals surface area contributed by atoms with E-state index < -0.39 is 0 Å². The Bertz CT molecular complexity index is 468. The van der Waals surface area contributed by atoms with Gasteiger partial charge >= 0.3 is 5.97 Å². The van der Waals surface area contributed by atoms with E-state index in [0.29, 0.717) is 18.1 Å². The van der Waals surface area contributed by atoms with Crippen LogP contribution in [-0.2, 0) is 16.0 Å². The summed E-state index contributed by atoms with van der Waals surface area (Å²) < 4.78 is 13.1. The highest BCUT2D eigenvalue weighted by molar-refractivity contribution is 9.10. The van der Waals surface area contributed by atoms with Crippen molar-refractivity contribution in [2.45, 2.75) is 46.1 Å². The minimum atomic E-state index is -0.288. The van der Waals surface area contributed by atoms with Gasteiger partial charge in [0.15, 0.2) is 0 Å². The van der Waals surface area contributed by atoms with Gasteiger partial charge in [0, 0.05) is 31.6 Å². The molecule has 5 heteroatoms. The van der Waals surface area contributed by atoms with E-state index in [1.807, 2.05) is 6.92 Å². The third-order valence-corrected chi connectivity index (χ3v) is 4.50. The minimum Gasteiger partial charge on any atom is -0.465 e. The molecule has 0 bridgehead atoms. The number of carbonyl (C=O) groups is 1. The SMILES string of the molecule is CCC(C)c1c(Br)c(C(=O)OC)c(C)n1CCCOC. The quantitative estimate of drug-likeness (QED) is 0.555. The van der Waals surface area contributed by atoms with Crippen LogP contribution in [0.5, 0.6) is 0 Å². The summed E-state index contributed by atoms with van der Waals surface area (Å²) >= 11 is 3.59. The van der Waals surface area contributed by atoms with E-state index in [2.05, 4.69) is 34.3 Å². The smallest absolute Gasteiger partial charge is 0.340 e. The topological polar surface area (TPSA) is 40.5 Å². The van der Waals surface area contributed by atoms with Crippen LogP contribution in [0.4, 0.5) is 0 Å². The fourth-order valence-corrected chi connectivity index (χ4v) is 3.44. The van der Waals surface area contributed by atoms with E-state index in [0.717, 1.165) is 29.6 Å². The van der Waals surface area contributed by atoms with Crippen LogP contribution >= 0.6 is 15.9 Å². The third kappa shape index (κ3) is 3.44. The van der Waals surface area contributed by atoms with Crippen LogP contribution in [0.2, 0.25) is 0 Å². The first-order chi connectivity index (χ1) is 9.49. The predicted octanol–water partition coefficient (Wildman–Crippen LogP) is 3.90. The monoisotopic (exact) mass is 345 g/mol. The number of esters is 1. The van der Waals surface area contributed by atoms with Gasteiger partial charge in [0.2, 0.25) is 0 Å². The Morgan fingerprint density at radius 2 is 2.05 bits per heavy atom. The molecule has 0 aromatic carbocycles. The standard InChI is InChI=1S/C15H24BrNO3/c1-6-10(2)14-13(16)12(15(18)20-5)11(3)17(14)8-7-9-19-4/h10H,6-9H2,1-5H3. The molecule has 1 heterocycles. The zero-order chi connectivity index (χ0) is 15.3. The summed E-state index contributed by atoms with van der Waals surface area (Å²) in [5.74, 6) is 0.0912. The summed E-state index contributed by atoms with van der Waals surface area (Å²) in [7, 11) is 3.12. The number of ether oxygens (including phenoxy) is 2. The van der Waals surface area contributed by atoms with Gasteiger partial charge in [0.05, 0.1) is 17.1 Å². The molecule has 0 aliphatic carbocycles. The fourth-order valence-electron chi connectivity index (χ4n) is 2.39. The number of halogens is 1. The van der Waals surface area contributed by atoms with Crippen molar-refractivity contribution in [2.75, 3.05) is 20.8 Å². The van der Waals surface area contributed by atoms with Crippen molar-refractivity contribution in [3.63, 3.8) is 0 Å². The first-order valence-electron chi connectivity index (χ1n) is 6.95. The van der Waals surface area contributed by atoms with Crippen LogP contribution in [0.3, 0.4) is 0 Å². The first kappa shape index (κ1) is 17.2. The Kier molecular flexibility index (Phi) is 6.76. The largest absolute Gasteiger partial charge is 0.465 e. The molecule has 0 aliphatic rings. The second kappa shape index (κ2) is 7.84. The Labute approximate surface area is 129 Å². The Morgan fingerprint density at radius 3 is 2.55 bits per heavy atom. The molecule has 1 rings (SSSR count). The van der Waals surface area contributed by atoms with Gasteiger partial charge in [-0.3, -0.25) is 0 Å². The lowest BCUT2D eigenvalue weighted by atomic mass is 10.0. The third-order valence-electron chi connectivity index (χ3n) is 3.70. The molecule has 1 aromatic heterocycles. The average Bonchev–Trinajstić information content (AvgIpc) is 2.69. The van der Waals surface area contributed by atoms with E-state index >= 15 is 0 Å². The van der Waals surface area contributed by atoms with Crippen molar-refractivity contribution in [2.24, 2.45) is 0 Å². The molecule has 4 nitrogen and oxygen atoms in total. The van der Waals surface area contributed by atoms with Gasteiger partial charge < -0.3 is 14.0 Å². The van der Waals surface area contributed by atoms with Gasteiger partial charge in [-0.2, -0.15) is 0 Å². The maximum Gasteiger partial charge on any atom is 0.340 e. The highest BCUT2D eigenvalue weighted by atomic mass is 79.9. The summed E-state index contributed by atoms with van der Waals surface area (Å²) in [6, 6.07) is 0. The number of methoxy groups -OCH3 is 2. The lowest BCUT2D eigenvalue weighted by molar-refractivity contribution is 0.0599. The molecule has 1 unspecified atom stereocenters. The summed E-state index contributed by atoms with van der Waals surface area (Å²) in [6.07, 6.45) is 1.94. The fraction of sp³-hybridized carbons (Fsp3) is 0.667. The van der Waals surface area contributed by atoms with E-state index in [1.165, 1.54) is 12.8 Å². The Morgan fingerprint density at radius 1 is 1.40 bits per heavy atom. The number of hydrogen-bond donors (Lipinski definition) is 0. The molecule has 114 valence electrons. The van der Waals surface area contributed by atoms with E-state index in [-0.39, 0.29) is 5.97 Å². The van der Waals surface area contributed by atoms with Crippen LogP contribution in [-0.4, -0.2) is 31.4 Å². The van der Waals surface area contributed by atoms with E-state index in [4.69, 9.17) is 9.47 Å². The molecule has 0 amide bonds. The van der Waals surface area contributed by atoms with E-state index in [1.54, 1.807) is 7.11 Å². The van der Waals surface area contributed by atoms with E-state index in [9.17, 15) is 4.79 Å². The van der Waals surface area contributed by atoms with Crippen LogP contribution in [0.1, 0.15) is 54.4 Å². The molecule has 0 saturated carbocycles. The normalized spacial score (nSPS) is 12.5. The number of rotatable bonds is 7. The van der Waals surface area contributed by atoms with Crippen LogP contribution in [0.25, 0.3) is 0 Å². The molecule has 0 spiro atoms.